The van der Waals surface area contributed by atoms with Crippen molar-refractivity contribution in [2.75, 3.05) is 19.7 Å². The number of ether oxygens (including phenoxy) is 1. The van der Waals surface area contributed by atoms with E-state index in [9.17, 15) is 19.8 Å². The van der Waals surface area contributed by atoms with Crippen LogP contribution in [0.1, 0.15) is 46.5 Å². The van der Waals surface area contributed by atoms with Gasteiger partial charge in [0, 0.05) is 25.7 Å². The highest BCUT2D eigenvalue weighted by molar-refractivity contribution is 5.73. The molecule has 2 unspecified atom stereocenters. The first kappa shape index (κ1) is 18.0. The van der Waals surface area contributed by atoms with Crippen LogP contribution in [0.3, 0.4) is 0 Å². The predicted octanol–water partition coefficient (Wildman–Crippen LogP) is 1.20. The van der Waals surface area contributed by atoms with Crippen molar-refractivity contribution in [1.82, 2.24) is 10.2 Å². The molecule has 132 valence electrons. The zero-order chi connectivity index (χ0) is 17.3. The van der Waals surface area contributed by atoms with Crippen LogP contribution >= 0.6 is 0 Å². The highest BCUT2D eigenvalue weighted by Crippen LogP contribution is 2.32. The van der Waals surface area contributed by atoms with Gasteiger partial charge in [-0.3, -0.25) is 4.79 Å². The quantitative estimate of drug-likeness (QED) is 0.701. The number of likely N-dealkylation sites (tertiary alicyclic amines) is 1. The molecule has 0 aromatic rings. The maximum atomic E-state index is 12.1. The van der Waals surface area contributed by atoms with Crippen molar-refractivity contribution in [3.8, 4) is 0 Å². The first-order chi connectivity index (χ1) is 10.6. The molecule has 7 nitrogen and oxygen atoms in total. The molecule has 1 aliphatic carbocycles. The van der Waals surface area contributed by atoms with Gasteiger partial charge in [0.15, 0.2) is 0 Å². The molecule has 23 heavy (non-hydrogen) atoms. The largest absolute Gasteiger partial charge is 0.481 e. The van der Waals surface area contributed by atoms with Crippen LogP contribution in [0, 0.1) is 5.92 Å². The topological polar surface area (TPSA) is 99.1 Å². The average molecular weight is 328 g/mol. The third-order valence-electron chi connectivity index (χ3n) is 4.51. The van der Waals surface area contributed by atoms with E-state index < -0.39 is 23.2 Å². The Balaban J connectivity index is 1.97. The molecule has 7 heteroatoms. The van der Waals surface area contributed by atoms with E-state index in [2.05, 4.69) is 5.32 Å². The Morgan fingerprint density at radius 3 is 2.48 bits per heavy atom. The number of carboxylic acids is 1. The average Bonchev–Trinajstić information content (AvgIpc) is 2.79. The highest BCUT2D eigenvalue weighted by atomic mass is 16.6. The zero-order valence-electron chi connectivity index (χ0n) is 14.2. The van der Waals surface area contributed by atoms with Gasteiger partial charge in [-0.15, -0.1) is 0 Å². The molecule has 1 saturated heterocycles. The lowest BCUT2D eigenvalue weighted by Gasteiger charge is -2.51. The van der Waals surface area contributed by atoms with Crippen molar-refractivity contribution in [2.45, 2.75) is 63.6 Å². The summed E-state index contributed by atoms with van der Waals surface area (Å²) in [7, 11) is 0. The SMILES string of the molecule is CC(C)(C)OC(=O)N1CC(CC(=O)O)(NC2CCCC2CO)C1. The summed E-state index contributed by atoms with van der Waals surface area (Å²) in [5.74, 6) is -0.726. The van der Waals surface area contributed by atoms with E-state index in [0.29, 0.717) is 13.1 Å². The van der Waals surface area contributed by atoms with Gasteiger partial charge in [-0.25, -0.2) is 4.79 Å². The van der Waals surface area contributed by atoms with Gasteiger partial charge in [0.05, 0.1) is 12.0 Å². The zero-order valence-corrected chi connectivity index (χ0v) is 14.2. The number of aliphatic hydroxyl groups is 1. The Kier molecular flexibility index (Phi) is 5.20. The van der Waals surface area contributed by atoms with Gasteiger partial charge >= 0.3 is 12.1 Å². The minimum Gasteiger partial charge on any atom is -0.481 e. The smallest absolute Gasteiger partial charge is 0.410 e. The number of carbonyl (C=O) groups is 2. The molecule has 1 heterocycles. The van der Waals surface area contributed by atoms with Crippen LogP contribution in [-0.2, 0) is 9.53 Å². The summed E-state index contributed by atoms with van der Waals surface area (Å²) in [6, 6.07) is 0.111. The Morgan fingerprint density at radius 2 is 1.96 bits per heavy atom. The number of nitrogens with one attached hydrogen (secondary N) is 1. The fraction of sp³-hybridized carbons (Fsp3) is 0.875. The van der Waals surface area contributed by atoms with Gasteiger partial charge in [-0.05, 0) is 39.5 Å². The van der Waals surface area contributed by atoms with E-state index in [4.69, 9.17) is 4.74 Å². The number of hydrogen-bond donors (Lipinski definition) is 3. The highest BCUT2D eigenvalue weighted by Gasteiger charge is 2.49. The Hall–Kier alpha value is -1.34. The van der Waals surface area contributed by atoms with Crippen molar-refractivity contribution in [2.24, 2.45) is 5.92 Å². The summed E-state index contributed by atoms with van der Waals surface area (Å²) >= 11 is 0. The third kappa shape index (κ3) is 4.57. The Morgan fingerprint density at radius 1 is 1.30 bits per heavy atom. The first-order valence-electron chi connectivity index (χ1n) is 8.22. The number of aliphatic hydroxyl groups excluding tert-OH is 1. The maximum Gasteiger partial charge on any atom is 0.410 e. The number of aliphatic carboxylic acids is 1. The van der Waals surface area contributed by atoms with Crippen molar-refractivity contribution in [3.63, 3.8) is 0 Å². The summed E-state index contributed by atoms with van der Waals surface area (Å²) in [5, 5.41) is 22.0. The minimum absolute atomic E-state index is 0.0407. The molecule has 1 saturated carbocycles. The fourth-order valence-corrected chi connectivity index (χ4v) is 3.52. The summed E-state index contributed by atoms with van der Waals surface area (Å²) in [6.45, 7) is 6.16. The van der Waals surface area contributed by atoms with Gasteiger partial charge in [0.2, 0.25) is 0 Å². The molecule has 1 aliphatic heterocycles. The molecular formula is C16H28N2O5. The fourth-order valence-electron chi connectivity index (χ4n) is 3.52. The van der Waals surface area contributed by atoms with Crippen LogP contribution in [0.5, 0.6) is 0 Å². The molecule has 2 atom stereocenters. The van der Waals surface area contributed by atoms with E-state index in [-0.39, 0.29) is 25.0 Å². The van der Waals surface area contributed by atoms with Gasteiger partial charge in [0.1, 0.15) is 5.60 Å². The summed E-state index contributed by atoms with van der Waals surface area (Å²) in [6.07, 6.45) is 2.46. The molecule has 0 aromatic carbocycles. The molecule has 3 N–H and O–H groups in total. The molecule has 2 fully saturated rings. The second-order valence-electron chi connectivity index (χ2n) is 7.81. The molecule has 2 aliphatic rings. The van der Waals surface area contributed by atoms with Gasteiger partial charge in [-0.1, -0.05) is 6.42 Å². The summed E-state index contributed by atoms with van der Waals surface area (Å²) < 4.78 is 5.32. The van der Waals surface area contributed by atoms with Crippen LogP contribution in [-0.4, -0.2) is 64.1 Å². The molecule has 1 amide bonds. The van der Waals surface area contributed by atoms with E-state index in [1.807, 2.05) is 0 Å². The minimum atomic E-state index is -0.889. The number of carboxylic acid groups (broad SMARTS) is 1. The van der Waals surface area contributed by atoms with Crippen molar-refractivity contribution >= 4 is 12.1 Å². The standard InChI is InChI=1S/C16H28N2O5/c1-15(2,3)23-14(22)18-9-16(10-18,7-13(20)21)17-12-6-4-5-11(12)8-19/h11-12,17,19H,4-10H2,1-3H3,(H,20,21). The van der Waals surface area contributed by atoms with E-state index >= 15 is 0 Å². The van der Waals surface area contributed by atoms with Crippen molar-refractivity contribution in [1.29, 1.82) is 0 Å². The van der Waals surface area contributed by atoms with Gasteiger partial charge < -0.3 is 25.2 Å². The Bertz CT molecular complexity index is 454. The van der Waals surface area contributed by atoms with E-state index in [0.717, 1.165) is 19.3 Å². The molecule has 0 radical (unpaired) electrons. The molecular weight excluding hydrogens is 300 g/mol. The molecule has 0 bridgehead atoms. The van der Waals surface area contributed by atoms with Crippen molar-refractivity contribution in [3.05, 3.63) is 0 Å². The van der Waals surface area contributed by atoms with Crippen LogP contribution in [0.2, 0.25) is 0 Å². The predicted molar refractivity (Wildman–Crippen MR) is 84.1 cm³/mol. The number of amides is 1. The lowest BCUT2D eigenvalue weighted by Crippen LogP contribution is -2.73. The number of hydrogen-bond acceptors (Lipinski definition) is 5. The normalized spacial score (nSPS) is 26.7. The summed E-state index contributed by atoms with van der Waals surface area (Å²) in [5.41, 5.74) is -1.19. The van der Waals surface area contributed by atoms with Gasteiger partial charge in [0.25, 0.3) is 0 Å². The summed E-state index contributed by atoms with van der Waals surface area (Å²) in [4.78, 5) is 24.8. The number of rotatable bonds is 5. The van der Waals surface area contributed by atoms with E-state index in [1.165, 1.54) is 4.90 Å². The van der Waals surface area contributed by atoms with Gasteiger partial charge in [-0.2, -0.15) is 0 Å². The first-order valence-corrected chi connectivity index (χ1v) is 8.22. The maximum absolute atomic E-state index is 12.1. The van der Waals surface area contributed by atoms with Crippen LogP contribution in [0.25, 0.3) is 0 Å². The number of nitrogens with zero attached hydrogens (tertiary/aromatic N) is 1. The van der Waals surface area contributed by atoms with Crippen LogP contribution in [0.4, 0.5) is 4.79 Å². The molecule has 2 rings (SSSR count). The third-order valence-corrected chi connectivity index (χ3v) is 4.51. The lowest BCUT2D eigenvalue weighted by atomic mass is 9.84. The Labute approximate surface area is 137 Å². The lowest BCUT2D eigenvalue weighted by molar-refractivity contribution is -0.141. The molecule has 0 aromatic heterocycles. The van der Waals surface area contributed by atoms with E-state index in [1.54, 1.807) is 20.8 Å². The van der Waals surface area contributed by atoms with Crippen LogP contribution < -0.4 is 5.32 Å². The molecule has 0 spiro atoms. The second kappa shape index (κ2) is 6.65. The monoisotopic (exact) mass is 328 g/mol. The second-order valence-corrected chi connectivity index (χ2v) is 7.81. The van der Waals surface area contributed by atoms with Crippen LogP contribution in [0.15, 0.2) is 0 Å². The number of carbonyl (C=O) groups excluding carboxylic acids is 1. The van der Waals surface area contributed by atoms with Crippen molar-refractivity contribution < 1.29 is 24.5 Å².